The highest BCUT2D eigenvalue weighted by Gasteiger charge is 2.46. The number of Topliss-reactive ketones (excluding diaryl/α,β-unsaturated/α-hetero) is 1. The molecule has 4 N–H and O–H groups in total. The number of likely N-dealkylation sites (N-methyl/N-ethyl adjacent to an activating group) is 1. The highest BCUT2D eigenvalue weighted by molar-refractivity contribution is 7.86. The van der Waals surface area contributed by atoms with Crippen molar-refractivity contribution in [3.05, 3.63) is 24.3 Å². The lowest BCUT2D eigenvalue weighted by atomic mass is 9.85. The Hall–Kier alpha value is -3.30. The van der Waals surface area contributed by atoms with Crippen molar-refractivity contribution in [2.45, 2.75) is 125 Å². The summed E-state index contributed by atoms with van der Waals surface area (Å²) in [5.74, 6) is -2.99. The van der Waals surface area contributed by atoms with Gasteiger partial charge in [-0.05, 0) is 50.4 Å². The van der Waals surface area contributed by atoms with Crippen molar-refractivity contribution in [3.63, 3.8) is 0 Å². The van der Waals surface area contributed by atoms with Gasteiger partial charge in [0.1, 0.15) is 12.1 Å². The lowest BCUT2D eigenvalue weighted by Crippen LogP contribution is -2.62. The Morgan fingerprint density at radius 2 is 1.54 bits per heavy atom. The van der Waals surface area contributed by atoms with Crippen LogP contribution in [0.15, 0.2) is 24.3 Å². The Bertz CT molecular complexity index is 1420. The SMILES string of the molecule is C=CCNC(=O)C(=O)C(CCC)NC(=O)[C@@H]1[C@@H](C=C(C)C)CCN1C(=O)[C@@H](NC(=O)N[C@H](CN(C)S(=O)(=O)N1CCCCC1)C(C)(C)C)C(C)(C)C. The largest absolute Gasteiger partial charge is 0.346 e. The van der Waals surface area contributed by atoms with Crippen LogP contribution in [0.3, 0.4) is 0 Å². The fourth-order valence-electron chi connectivity index (χ4n) is 6.55. The third-order valence-corrected chi connectivity index (χ3v) is 11.6. The lowest BCUT2D eigenvalue weighted by molar-refractivity contribution is -0.144. The Kier molecular flexibility index (Phi) is 16.5. The molecule has 0 bridgehead atoms. The second-order valence-electron chi connectivity index (χ2n) is 16.5. The minimum atomic E-state index is -3.74. The summed E-state index contributed by atoms with van der Waals surface area (Å²) in [6.45, 7) is 21.6. The quantitative estimate of drug-likeness (QED) is 0.138. The van der Waals surface area contributed by atoms with Gasteiger partial charge in [0.15, 0.2) is 0 Å². The summed E-state index contributed by atoms with van der Waals surface area (Å²) in [4.78, 5) is 69.2. The van der Waals surface area contributed by atoms with Gasteiger partial charge in [-0.2, -0.15) is 17.0 Å². The zero-order valence-corrected chi connectivity index (χ0v) is 34.0. The average Bonchev–Trinajstić information content (AvgIpc) is 3.47. The second kappa shape index (κ2) is 19.2. The number of rotatable bonds is 16. The first-order chi connectivity index (χ1) is 24.1. The Balaban J connectivity index is 2.35. The lowest BCUT2D eigenvalue weighted by Gasteiger charge is -2.38. The number of urea groups is 1. The summed E-state index contributed by atoms with van der Waals surface area (Å²) in [5, 5.41) is 11.0. The van der Waals surface area contributed by atoms with E-state index in [1.165, 1.54) is 26.6 Å². The third kappa shape index (κ3) is 12.4. The molecule has 2 heterocycles. The molecule has 2 aliphatic rings. The van der Waals surface area contributed by atoms with Gasteiger partial charge < -0.3 is 26.2 Å². The van der Waals surface area contributed by atoms with Crippen LogP contribution in [0.1, 0.15) is 101 Å². The van der Waals surface area contributed by atoms with E-state index in [1.807, 2.05) is 68.4 Å². The number of allylic oxidation sites excluding steroid dienone is 1. The number of carbonyl (C=O) groups excluding carboxylic acids is 5. The van der Waals surface area contributed by atoms with E-state index in [0.29, 0.717) is 25.9 Å². The van der Waals surface area contributed by atoms with Crippen LogP contribution >= 0.6 is 0 Å². The van der Waals surface area contributed by atoms with E-state index < -0.39 is 74.7 Å². The zero-order chi connectivity index (χ0) is 39.6. The first-order valence-corrected chi connectivity index (χ1v) is 19.9. The predicted molar refractivity (Wildman–Crippen MR) is 203 cm³/mol. The highest BCUT2D eigenvalue weighted by atomic mass is 32.2. The highest BCUT2D eigenvalue weighted by Crippen LogP contribution is 2.31. The van der Waals surface area contributed by atoms with Crippen LogP contribution in [0.5, 0.6) is 0 Å². The summed E-state index contributed by atoms with van der Waals surface area (Å²) in [7, 11) is -2.22. The van der Waals surface area contributed by atoms with Gasteiger partial charge in [-0.3, -0.25) is 19.2 Å². The van der Waals surface area contributed by atoms with Gasteiger partial charge in [-0.25, -0.2) is 4.79 Å². The molecule has 0 aromatic heterocycles. The summed E-state index contributed by atoms with van der Waals surface area (Å²) in [5.41, 5.74) is -0.387. The number of nitrogens with one attached hydrogen (secondary N) is 4. The maximum Gasteiger partial charge on any atom is 0.315 e. The topological polar surface area (TPSA) is 177 Å². The van der Waals surface area contributed by atoms with Crippen LogP contribution in [0.4, 0.5) is 4.79 Å². The third-order valence-electron chi connectivity index (χ3n) is 9.60. The molecule has 2 rings (SSSR count). The predicted octanol–water partition coefficient (Wildman–Crippen LogP) is 3.12. The molecule has 15 heteroatoms. The number of carbonyl (C=O) groups is 5. The Labute approximate surface area is 312 Å². The van der Waals surface area contributed by atoms with Gasteiger partial charge in [0.2, 0.25) is 17.6 Å². The van der Waals surface area contributed by atoms with Crippen LogP contribution in [-0.2, 0) is 29.4 Å². The number of hydrogen-bond acceptors (Lipinski definition) is 7. The Morgan fingerprint density at radius 3 is 2.06 bits per heavy atom. The standard InChI is InChI=1S/C37H65N7O7S/c1-12-17-27(30(45)33(47)38-19-13-2)39-32(46)29-26(23-25(3)4)18-22-44(29)34(48)31(37(8,9)10)41-35(49)40-28(36(5,6)7)24-42(11)52(50,51)43-20-15-14-16-21-43/h13,23,26-29,31H,2,12,14-22,24H2,1,3-11H3,(H,38,47)(H,39,46)(H2,40,41,49)/t26-,27?,28-,29+,31-/m1/s1. The van der Waals surface area contributed by atoms with Crippen LogP contribution in [-0.4, -0.2) is 115 Å². The second-order valence-corrected chi connectivity index (χ2v) is 18.5. The molecular formula is C37H65N7O7S. The van der Waals surface area contributed by atoms with Gasteiger partial charge in [0.05, 0.1) is 6.04 Å². The van der Waals surface area contributed by atoms with Crippen LogP contribution in [0.2, 0.25) is 0 Å². The molecule has 296 valence electrons. The van der Waals surface area contributed by atoms with Crippen molar-refractivity contribution < 1.29 is 32.4 Å². The van der Waals surface area contributed by atoms with Gasteiger partial charge in [0, 0.05) is 51.7 Å². The van der Waals surface area contributed by atoms with Gasteiger partial charge >= 0.3 is 6.03 Å². The van der Waals surface area contributed by atoms with Crippen LogP contribution in [0.25, 0.3) is 0 Å². The molecule has 0 aliphatic carbocycles. The normalized spacial score (nSPS) is 20.3. The van der Waals surface area contributed by atoms with Gasteiger partial charge in [-0.15, -0.1) is 6.58 Å². The molecule has 2 fully saturated rings. The van der Waals surface area contributed by atoms with E-state index in [-0.39, 0.29) is 32.0 Å². The van der Waals surface area contributed by atoms with E-state index in [2.05, 4.69) is 27.8 Å². The first-order valence-electron chi connectivity index (χ1n) is 18.5. The molecule has 5 atom stereocenters. The van der Waals surface area contributed by atoms with Crippen LogP contribution < -0.4 is 21.3 Å². The Morgan fingerprint density at radius 1 is 0.923 bits per heavy atom. The van der Waals surface area contributed by atoms with E-state index in [1.54, 1.807) is 0 Å². The van der Waals surface area contributed by atoms with Crippen molar-refractivity contribution in [3.8, 4) is 0 Å². The fraction of sp³-hybridized carbons (Fsp3) is 0.757. The number of ketones is 1. The van der Waals surface area contributed by atoms with Crippen molar-refractivity contribution >= 4 is 39.7 Å². The zero-order valence-electron chi connectivity index (χ0n) is 33.1. The molecule has 0 aromatic carbocycles. The number of hydrogen-bond donors (Lipinski definition) is 4. The van der Waals surface area contributed by atoms with Gasteiger partial charge in [-0.1, -0.05) is 79.0 Å². The fourth-order valence-corrected chi connectivity index (χ4v) is 8.00. The number of piperidine rings is 1. The first kappa shape index (κ1) is 44.9. The van der Waals surface area contributed by atoms with E-state index in [4.69, 9.17) is 0 Å². The molecule has 2 aliphatic heterocycles. The smallest absolute Gasteiger partial charge is 0.315 e. The molecule has 52 heavy (non-hydrogen) atoms. The maximum absolute atomic E-state index is 14.5. The molecule has 5 amide bonds. The molecule has 0 saturated carbocycles. The van der Waals surface area contributed by atoms with E-state index >= 15 is 0 Å². The summed E-state index contributed by atoms with van der Waals surface area (Å²) in [6, 6.07) is -4.40. The average molecular weight is 752 g/mol. The maximum atomic E-state index is 14.5. The number of nitrogens with zero attached hydrogens (tertiary/aromatic N) is 3. The molecule has 0 aromatic rings. The van der Waals surface area contributed by atoms with Crippen molar-refractivity contribution in [1.82, 2.24) is 34.8 Å². The molecule has 0 spiro atoms. The van der Waals surface area contributed by atoms with Crippen molar-refractivity contribution in [2.24, 2.45) is 16.7 Å². The van der Waals surface area contributed by atoms with Crippen LogP contribution in [0, 0.1) is 16.7 Å². The van der Waals surface area contributed by atoms with Crippen molar-refractivity contribution in [2.75, 3.05) is 39.8 Å². The van der Waals surface area contributed by atoms with E-state index in [9.17, 15) is 32.4 Å². The van der Waals surface area contributed by atoms with Crippen molar-refractivity contribution in [1.29, 1.82) is 0 Å². The molecular weight excluding hydrogens is 687 g/mol. The molecule has 0 radical (unpaired) electrons. The minimum absolute atomic E-state index is 0.0197. The number of amides is 5. The molecule has 14 nitrogen and oxygen atoms in total. The number of likely N-dealkylation sites (tertiary alicyclic amines) is 1. The molecule has 2 saturated heterocycles. The summed E-state index contributed by atoms with van der Waals surface area (Å²) in [6.07, 6.45) is 7.21. The molecule has 1 unspecified atom stereocenters. The van der Waals surface area contributed by atoms with Gasteiger partial charge in [0.25, 0.3) is 16.1 Å². The summed E-state index contributed by atoms with van der Waals surface area (Å²) < 4.78 is 29.5. The monoisotopic (exact) mass is 751 g/mol. The van der Waals surface area contributed by atoms with E-state index in [0.717, 1.165) is 24.8 Å². The minimum Gasteiger partial charge on any atom is -0.346 e. The summed E-state index contributed by atoms with van der Waals surface area (Å²) >= 11 is 0.